The summed E-state index contributed by atoms with van der Waals surface area (Å²) in [5.41, 5.74) is 0.566. The lowest BCUT2D eigenvalue weighted by molar-refractivity contribution is -0.149. The first-order chi connectivity index (χ1) is 14.8. The van der Waals surface area contributed by atoms with Gasteiger partial charge in [-0.15, -0.1) is 4.68 Å². The van der Waals surface area contributed by atoms with Gasteiger partial charge in [-0.1, -0.05) is 12.1 Å². The third-order valence-corrected chi connectivity index (χ3v) is 4.32. The first-order valence-electron chi connectivity index (χ1n) is 9.68. The van der Waals surface area contributed by atoms with E-state index in [0.29, 0.717) is 22.2 Å². The number of rotatable bonds is 7. The van der Waals surface area contributed by atoms with Gasteiger partial charge < -0.3 is 19.4 Å². The molecule has 3 rings (SSSR count). The highest BCUT2D eigenvalue weighted by atomic mass is 16.6. The number of para-hydroxylation sites is 1. The summed E-state index contributed by atoms with van der Waals surface area (Å²) in [4.78, 5) is 41.3. The van der Waals surface area contributed by atoms with Crippen molar-refractivity contribution in [1.82, 2.24) is 9.66 Å². The first-order valence-corrected chi connectivity index (χ1v) is 9.68. The van der Waals surface area contributed by atoms with Gasteiger partial charge in [0.25, 0.3) is 5.56 Å². The van der Waals surface area contributed by atoms with Crippen molar-refractivity contribution in [3.8, 4) is 5.75 Å². The number of hydrogen-bond acceptors (Lipinski definition) is 7. The summed E-state index contributed by atoms with van der Waals surface area (Å²) < 4.78 is 11.5. The maximum absolute atomic E-state index is 12.6. The molecule has 0 aliphatic carbocycles. The maximum Gasteiger partial charge on any atom is 0.349 e. The summed E-state index contributed by atoms with van der Waals surface area (Å²) in [7, 11) is 3.74. The SMILES string of the molecule is CC(C)OC(=O)COc1cc(N(C)C)ccc1C=Nn1c(=O)[nH]c2ccccc2c1=O. The van der Waals surface area contributed by atoms with Crippen LogP contribution in [0, 0.1) is 0 Å². The zero-order valence-electron chi connectivity index (χ0n) is 17.8. The highest BCUT2D eigenvalue weighted by Gasteiger charge is 2.11. The van der Waals surface area contributed by atoms with Gasteiger partial charge in [0.2, 0.25) is 0 Å². The monoisotopic (exact) mass is 424 g/mol. The Morgan fingerprint density at radius 1 is 1.19 bits per heavy atom. The Labute approximate surface area is 178 Å². The Kier molecular flexibility index (Phi) is 6.54. The van der Waals surface area contributed by atoms with Crippen molar-refractivity contribution in [2.75, 3.05) is 25.6 Å². The second-order valence-corrected chi connectivity index (χ2v) is 7.28. The Morgan fingerprint density at radius 2 is 1.94 bits per heavy atom. The van der Waals surface area contributed by atoms with Gasteiger partial charge in [-0.05, 0) is 38.1 Å². The second kappa shape index (κ2) is 9.29. The molecule has 31 heavy (non-hydrogen) atoms. The number of nitrogens with zero attached hydrogens (tertiary/aromatic N) is 3. The van der Waals surface area contributed by atoms with Crippen LogP contribution >= 0.6 is 0 Å². The molecule has 162 valence electrons. The molecule has 0 aliphatic heterocycles. The molecule has 3 aromatic rings. The van der Waals surface area contributed by atoms with E-state index < -0.39 is 17.2 Å². The van der Waals surface area contributed by atoms with Crippen LogP contribution in [0.1, 0.15) is 19.4 Å². The van der Waals surface area contributed by atoms with Gasteiger partial charge in [-0.2, -0.15) is 5.10 Å². The Bertz CT molecular complexity index is 1240. The van der Waals surface area contributed by atoms with Crippen LogP contribution in [0.15, 0.2) is 57.2 Å². The molecule has 0 aliphatic rings. The summed E-state index contributed by atoms with van der Waals surface area (Å²) in [6.45, 7) is 3.22. The van der Waals surface area contributed by atoms with Crippen molar-refractivity contribution >= 4 is 28.8 Å². The second-order valence-electron chi connectivity index (χ2n) is 7.28. The van der Waals surface area contributed by atoms with Gasteiger partial charge in [0.15, 0.2) is 6.61 Å². The van der Waals surface area contributed by atoms with E-state index in [4.69, 9.17) is 9.47 Å². The quantitative estimate of drug-likeness (QED) is 0.459. The van der Waals surface area contributed by atoms with Crippen LogP contribution in [0.25, 0.3) is 10.9 Å². The number of hydrogen-bond donors (Lipinski definition) is 1. The number of anilines is 1. The van der Waals surface area contributed by atoms with Crippen molar-refractivity contribution in [2.24, 2.45) is 5.10 Å². The highest BCUT2D eigenvalue weighted by Crippen LogP contribution is 2.24. The van der Waals surface area contributed by atoms with Crippen molar-refractivity contribution in [3.05, 3.63) is 68.9 Å². The minimum absolute atomic E-state index is 0.253. The highest BCUT2D eigenvalue weighted by molar-refractivity contribution is 5.85. The molecule has 1 aromatic heterocycles. The molecule has 9 nitrogen and oxygen atoms in total. The van der Waals surface area contributed by atoms with E-state index in [0.717, 1.165) is 10.4 Å². The Balaban J connectivity index is 1.96. The lowest BCUT2D eigenvalue weighted by atomic mass is 10.2. The number of nitrogens with one attached hydrogen (secondary N) is 1. The van der Waals surface area contributed by atoms with Gasteiger partial charge in [0.05, 0.1) is 23.2 Å². The van der Waals surface area contributed by atoms with Crippen LogP contribution in [0.3, 0.4) is 0 Å². The summed E-state index contributed by atoms with van der Waals surface area (Å²) in [5.74, 6) is -0.142. The topological polar surface area (TPSA) is 106 Å². The Hall–Kier alpha value is -3.88. The lowest BCUT2D eigenvalue weighted by Gasteiger charge is -2.16. The van der Waals surface area contributed by atoms with Crippen LogP contribution in [0.5, 0.6) is 5.75 Å². The first kappa shape index (κ1) is 21.8. The number of benzene rings is 2. The lowest BCUT2D eigenvalue weighted by Crippen LogP contribution is -2.32. The molecule has 0 spiro atoms. The van der Waals surface area contributed by atoms with E-state index in [1.165, 1.54) is 6.21 Å². The third-order valence-electron chi connectivity index (χ3n) is 4.32. The number of ether oxygens (including phenoxy) is 2. The fourth-order valence-electron chi connectivity index (χ4n) is 2.84. The number of carbonyl (C=O) groups is 1. The van der Waals surface area contributed by atoms with E-state index in [-0.39, 0.29) is 12.7 Å². The van der Waals surface area contributed by atoms with Gasteiger partial charge in [-0.3, -0.25) is 4.79 Å². The molecule has 0 fully saturated rings. The summed E-state index contributed by atoms with van der Waals surface area (Å²) in [6, 6.07) is 12.0. The van der Waals surface area contributed by atoms with Crippen LogP contribution in [-0.4, -0.2) is 48.7 Å². The molecular weight excluding hydrogens is 400 g/mol. The van der Waals surface area contributed by atoms with E-state index in [1.54, 1.807) is 50.2 Å². The van der Waals surface area contributed by atoms with E-state index in [9.17, 15) is 14.4 Å². The van der Waals surface area contributed by atoms with Gasteiger partial charge in [-0.25, -0.2) is 9.59 Å². The fraction of sp³-hybridized carbons (Fsp3) is 0.273. The van der Waals surface area contributed by atoms with Gasteiger partial charge in [0.1, 0.15) is 5.75 Å². The van der Waals surface area contributed by atoms with Gasteiger partial charge in [0, 0.05) is 31.4 Å². The van der Waals surface area contributed by atoms with Gasteiger partial charge >= 0.3 is 11.7 Å². The molecule has 0 saturated heterocycles. The molecule has 9 heteroatoms. The van der Waals surface area contributed by atoms with Crippen molar-refractivity contribution < 1.29 is 14.3 Å². The van der Waals surface area contributed by atoms with Crippen LogP contribution in [0.4, 0.5) is 5.69 Å². The predicted molar refractivity (Wildman–Crippen MR) is 119 cm³/mol. The van der Waals surface area contributed by atoms with E-state index >= 15 is 0 Å². The van der Waals surface area contributed by atoms with Crippen molar-refractivity contribution in [2.45, 2.75) is 20.0 Å². The molecule has 2 aromatic carbocycles. The average Bonchev–Trinajstić information content (AvgIpc) is 2.72. The molecule has 0 unspecified atom stereocenters. The van der Waals surface area contributed by atoms with Crippen LogP contribution in [0.2, 0.25) is 0 Å². The summed E-state index contributed by atoms with van der Waals surface area (Å²) >= 11 is 0. The zero-order valence-corrected chi connectivity index (χ0v) is 17.8. The molecule has 1 heterocycles. The molecule has 0 radical (unpaired) electrons. The van der Waals surface area contributed by atoms with Crippen LogP contribution < -0.4 is 20.9 Å². The average molecular weight is 424 g/mol. The fourth-order valence-corrected chi connectivity index (χ4v) is 2.84. The number of carbonyl (C=O) groups excluding carboxylic acids is 1. The van der Waals surface area contributed by atoms with Crippen LogP contribution in [-0.2, 0) is 9.53 Å². The minimum Gasteiger partial charge on any atom is -0.481 e. The molecule has 0 amide bonds. The minimum atomic E-state index is -0.659. The van der Waals surface area contributed by atoms with E-state index in [2.05, 4.69) is 10.1 Å². The normalized spacial score (nSPS) is 11.3. The molecule has 0 atom stereocenters. The molecule has 1 N–H and O–H groups in total. The number of aromatic amines is 1. The summed E-state index contributed by atoms with van der Waals surface area (Å²) in [6.07, 6.45) is 1.09. The number of aromatic nitrogens is 2. The number of esters is 1. The molecular formula is C22H24N4O5. The standard InChI is InChI=1S/C22H24N4O5/c1-14(2)31-20(27)13-30-19-11-16(25(3)4)10-9-15(19)12-23-26-21(28)17-7-5-6-8-18(17)24-22(26)29/h5-12,14H,13H2,1-4H3,(H,24,29). The maximum atomic E-state index is 12.6. The molecule has 0 saturated carbocycles. The summed E-state index contributed by atoms with van der Waals surface area (Å²) in [5, 5.41) is 4.40. The van der Waals surface area contributed by atoms with E-state index in [1.807, 2.05) is 25.1 Å². The molecule has 0 bridgehead atoms. The predicted octanol–water partition coefficient (Wildman–Crippen LogP) is 1.97. The smallest absolute Gasteiger partial charge is 0.349 e. The zero-order chi connectivity index (χ0) is 22.5. The number of H-pyrrole nitrogens is 1. The largest absolute Gasteiger partial charge is 0.481 e. The number of fused-ring (bicyclic) bond motifs is 1. The van der Waals surface area contributed by atoms with Crippen molar-refractivity contribution in [3.63, 3.8) is 0 Å². The Morgan fingerprint density at radius 3 is 2.65 bits per heavy atom. The third kappa shape index (κ3) is 5.19. The van der Waals surface area contributed by atoms with Crippen molar-refractivity contribution in [1.29, 1.82) is 0 Å².